The highest BCUT2D eigenvalue weighted by Gasteiger charge is 2.24. The first-order valence-corrected chi connectivity index (χ1v) is 10.9. The standard InChI is InChI=1S/C13H18F3NOS.C9H10F3N/c1-8(17-19(18)13(2,3)4)9-6-5-7-10(11(9)14)12(15)16;1-5(13)6-3-2-4-7(8(6)10)9(11)12/h5-8,12,17H,1-4H3;2-5,9H,13H2,1H3/t8-,19-;5-/m11/s1. The Labute approximate surface area is 187 Å². The third-order valence-electron chi connectivity index (χ3n) is 4.38. The van der Waals surface area contributed by atoms with Crippen molar-refractivity contribution in [2.45, 2.75) is 64.3 Å². The fourth-order valence-corrected chi connectivity index (χ4v) is 3.36. The molecule has 3 atom stereocenters. The minimum atomic E-state index is -2.86. The third kappa shape index (κ3) is 7.60. The molecule has 0 fully saturated rings. The summed E-state index contributed by atoms with van der Waals surface area (Å²) in [6.45, 7) is 8.46. The Balaban J connectivity index is 0.000000343. The van der Waals surface area contributed by atoms with Crippen molar-refractivity contribution in [3.8, 4) is 0 Å². The number of hydrogen-bond donors (Lipinski definition) is 2. The van der Waals surface area contributed by atoms with Crippen molar-refractivity contribution in [3.05, 3.63) is 70.3 Å². The second-order valence-electron chi connectivity index (χ2n) is 8.11. The van der Waals surface area contributed by atoms with Crippen LogP contribution in [0.2, 0.25) is 0 Å². The SMILES string of the molecule is C[C@@H](N)c1cccc(C(F)F)c1F.C[C@@H](N[S@](=O)C(C)(C)C)c1cccc(C(F)F)c1F. The number of nitrogens with two attached hydrogens (primary N) is 1. The van der Waals surface area contributed by atoms with Crippen molar-refractivity contribution in [2.24, 2.45) is 5.73 Å². The molecule has 0 saturated carbocycles. The zero-order chi connectivity index (χ0) is 24.8. The molecule has 3 N–H and O–H groups in total. The van der Waals surface area contributed by atoms with E-state index in [0.29, 0.717) is 0 Å². The van der Waals surface area contributed by atoms with Gasteiger partial charge < -0.3 is 5.73 Å². The number of hydrogen-bond acceptors (Lipinski definition) is 2. The molecule has 0 bridgehead atoms. The van der Waals surface area contributed by atoms with Crippen LogP contribution in [0.5, 0.6) is 0 Å². The lowest BCUT2D eigenvalue weighted by atomic mass is 10.0. The summed E-state index contributed by atoms with van der Waals surface area (Å²) in [5.41, 5.74) is 4.39. The highest BCUT2D eigenvalue weighted by molar-refractivity contribution is 7.84. The molecule has 0 aliphatic rings. The van der Waals surface area contributed by atoms with Gasteiger partial charge in [-0.05, 0) is 34.6 Å². The van der Waals surface area contributed by atoms with Gasteiger partial charge in [0.05, 0.1) is 26.9 Å². The molecule has 0 radical (unpaired) electrons. The van der Waals surface area contributed by atoms with E-state index >= 15 is 0 Å². The van der Waals surface area contributed by atoms with Crippen LogP contribution in [0.25, 0.3) is 0 Å². The minimum Gasteiger partial charge on any atom is -0.324 e. The van der Waals surface area contributed by atoms with Crippen LogP contribution >= 0.6 is 0 Å². The minimum absolute atomic E-state index is 0.0930. The van der Waals surface area contributed by atoms with E-state index in [1.54, 1.807) is 34.6 Å². The normalized spacial score (nSPS) is 14.7. The summed E-state index contributed by atoms with van der Waals surface area (Å²) in [6.07, 6.45) is -5.65. The first kappa shape index (κ1) is 28.1. The van der Waals surface area contributed by atoms with Crippen LogP contribution in [-0.2, 0) is 11.0 Å². The van der Waals surface area contributed by atoms with Crippen molar-refractivity contribution in [1.82, 2.24) is 4.72 Å². The number of alkyl halides is 4. The van der Waals surface area contributed by atoms with Crippen LogP contribution in [-0.4, -0.2) is 8.96 Å². The van der Waals surface area contributed by atoms with Gasteiger partial charge in [0.25, 0.3) is 12.9 Å². The van der Waals surface area contributed by atoms with Crippen LogP contribution in [0.4, 0.5) is 26.3 Å². The molecular weight excluding hydrogens is 454 g/mol. The molecular formula is C22H28F6N2OS. The van der Waals surface area contributed by atoms with E-state index in [9.17, 15) is 30.6 Å². The Hall–Kier alpha value is -1.91. The van der Waals surface area contributed by atoms with Gasteiger partial charge in [-0.15, -0.1) is 0 Å². The number of halogens is 6. The van der Waals surface area contributed by atoms with Gasteiger partial charge in [0.15, 0.2) is 0 Å². The van der Waals surface area contributed by atoms with E-state index in [1.165, 1.54) is 24.3 Å². The molecule has 2 aromatic carbocycles. The first-order chi connectivity index (χ1) is 14.7. The molecule has 0 aliphatic carbocycles. The van der Waals surface area contributed by atoms with Crippen LogP contribution in [0.15, 0.2) is 36.4 Å². The molecule has 0 aliphatic heterocycles. The first-order valence-electron chi connectivity index (χ1n) is 9.75. The van der Waals surface area contributed by atoms with Gasteiger partial charge in [0, 0.05) is 23.2 Å². The lowest BCUT2D eigenvalue weighted by Crippen LogP contribution is -2.35. The molecule has 3 nitrogen and oxygen atoms in total. The maximum Gasteiger partial charge on any atom is 0.266 e. The van der Waals surface area contributed by atoms with Crippen molar-refractivity contribution in [3.63, 3.8) is 0 Å². The third-order valence-corrected chi connectivity index (χ3v) is 6.06. The number of rotatable bonds is 6. The maximum atomic E-state index is 13.9. The van der Waals surface area contributed by atoms with Crippen LogP contribution in [0.1, 0.15) is 81.8 Å². The smallest absolute Gasteiger partial charge is 0.266 e. The Morgan fingerprint density at radius 3 is 1.56 bits per heavy atom. The lowest BCUT2D eigenvalue weighted by molar-refractivity contribution is 0.145. The Kier molecular flexibility index (Phi) is 10.4. The molecule has 0 heterocycles. The molecule has 0 spiro atoms. The molecule has 0 unspecified atom stereocenters. The van der Waals surface area contributed by atoms with E-state index in [1.807, 2.05) is 0 Å². The summed E-state index contributed by atoms with van der Waals surface area (Å²) >= 11 is 0. The molecule has 32 heavy (non-hydrogen) atoms. The van der Waals surface area contributed by atoms with E-state index < -0.39 is 63.4 Å². The van der Waals surface area contributed by atoms with Gasteiger partial charge in [-0.2, -0.15) is 0 Å². The highest BCUT2D eigenvalue weighted by Crippen LogP contribution is 2.28. The maximum absolute atomic E-state index is 13.9. The molecule has 2 rings (SSSR count). The Bertz CT molecular complexity index is 890. The highest BCUT2D eigenvalue weighted by atomic mass is 32.2. The molecule has 0 amide bonds. The monoisotopic (exact) mass is 482 g/mol. The summed E-state index contributed by atoms with van der Waals surface area (Å²) in [5, 5.41) is 0. The zero-order valence-corrected chi connectivity index (χ0v) is 19.3. The Morgan fingerprint density at radius 1 is 0.812 bits per heavy atom. The molecule has 2 aromatic rings. The zero-order valence-electron chi connectivity index (χ0n) is 18.4. The topological polar surface area (TPSA) is 55.1 Å². The van der Waals surface area contributed by atoms with E-state index in [-0.39, 0.29) is 11.1 Å². The predicted molar refractivity (Wildman–Crippen MR) is 115 cm³/mol. The van der Waals surface area contributed by atoms with Crippen molar-refractivity contribution < 1.29 is 30.6 Å². The fourth-order valence-electron chi connectivity index (χ4n) is 2.56. The summed E-state index contributed by atoms with van der Waals surface area (Å²) in [6, 6.07) is 6.51. The largest absolute Gasteiger partial charge is 0.324 e. The average molecular weight is 483 g/mol. The van der Waals surface area contributed by atoms with Crippen molar-refractivity contribution in [2.75, 3.05) is 0 Å². The van der Waals surface area contributed by atoms with Crippen LogP contribution in [0, 0.1) is 11.6 Å². The van der Waals surface area contributed by atoms with E-state index in [0.717, 1.165) is 12.1 Å². The quantitative estimate of drug-likeness (QED) is 0.453. The second-order valence-corrected chi connectivity index (χ2v) is 10.1. The molecule has 180 valence electrons. The van der Waals surface area contributed by atoms with Gasteiger partial charge in [0.2, 0.25) is 0 Å². The fraction of sp³-hybridized carbons (Fsp3) is 0.455. The number of benzene rings is 2. The van der Waals surface area contributed by atoms with E-state index in [2.05, 4.69) is 4.72 Å². The second kappa shape index (κ2) is 11.8. The van der Waals surface area contributed by atoms with Gasteiger partial charge >= 0.3 is 0 Å². The summed E-state index contributed by atoms with van der Waals surface area (Å²) in [5.74, 6) is -1.84. The van der Waals surface area contributed by atoms with Gasteiger partial charge in [-0.3, -0.25) is 0 Å². The van der Waals surface area contributed by atoms with Crippen molar-refractivity contribution in [1.29, 1.82) is 0 Å². The summed E-state index contributed by atoms with van der Waals surface area (Å²) in [7, 11) is -1.40. The summed E-state index contributed by atoms with van der Waals surface area (Å²) in [4.78, 5) is 0. The van der Waals surface area contributed by atoms with Gasteiger partial charge in [-0.1, -0.05) is 36.4 Å². The van der Waals surface area contributed by atoms with Gasteiger partial charge in [-0.25, -0.2) is 35.3 Å². The Morgan fingerprint density at radius 2 is 1.19 bits per heavy atom. The van der Waals surface area contributed by atoms with E-state index in [4.69, 9.17) is 5.73 Å². The molecule has 0 saturated heterocycles. The summed E-state index contributed by atoms with van der Waals surface area (Å²) < 4.78 is 90.8. The predicted octanol–water partition coefficient (Wildman–Crippen LogP) is 6.66. The molecule has 0 aromatic heterocycles. The molecule has 10 heteroatoms. The van der Waals surface area contributed by atoms with Crippen LogP contribution < -0.4 is 10.5 Å². The van der Waals surface area contributed by atoms with Crippen molar-refractivity contribution >= 4 is 11.0 Å². The average Bonchev–Trinajstić information content (AvgIpc) is 2.67. The van der Waals surface area contributed by atoms with Gasteiger partial charge in [0.1, 0.15) is 11.6 Å². The van der Waals surface area contributed by atoms with Crippen LogP contribution in [0.3, 0.4) is 0 Å². The number of nitrogens with one attached hydrogen (secondary N) is 1. The lowest BCUT2D eigenvalue weighted by Gasteiger charge is -2.22.